The molecule has 0 saturated carbocycles. The van der Waals surface area contributed by atoms with Crippen LogP contribution < -0.4 is 5.32 Å². The maximum Gasteiger partial charge on any atom is 0.251 e. The molecule has 1 amide bonds. The predicted octanol–water partition coefficient (Wildman–Crippen LogP) is 0.501. The smallest absolute Gasteiger partial charge is 0.251 e. The first-order valence-corrected chi connectivity index (χ1v) is 4.48. The summed E-state index contributed by atoms with van der Waals surface area (Å²) >= 11 is 0. The molecule has 1 atom stereocenters. The molecule has 1 unspecified atom stereocenters. The van der Waals surface area contributed by atoms with Crippen LogP contribution in [0.2, 0.25) is 0 Å². The zero-order chi connectivity index (χ0) is 10.6. The van der Waals surface area contributed by atoms with Gasteiger partial charge in [0.25, 0.3) is 5.91 Å². The number of amides is 1. The van der Waals surface area contributed by atoms with Gasteiger partial charge in [-0.15, -0.1) is 0 Å². The number of nitrogens with zero attached hydrogens (tertiary/aromatic N) is 1. The van der Waals surface area contributed by atoms with Gasteiger partial charge in [0.1, 0.15) is 0 Å². The fraction of sp³-hybridized carbons (Fsp3) is 0.400. The lowest BCUT2D eigenvalue weighted by Crippen LogP contribution is -2.35. The summed E-state index contributed by atoms with van der Waals surface area (Å²) in [5, 5.41) is 11.4. The number of nitrogens with one attached hydrogen (secondary N) is 1. The van der Waals surface area contributed by atoms with Crippen LogP contribution in [0.1, 0.15) is 23.0 Å². The van der Waals surface area contributed by atoms with E-state index in [2.05, 4.69) is 10.3 Å². The van der Waals surface area contributed by atoms with Gasteiger partial charge >= 0.3 is 0 Å². The topological polar surface area (TPSA) is 62.2 Å². The van der Waals surface area contributed by atoms with E-state index >= 15 is 0 Å². The number of pyridine rings is 1. The predicted molar refractivity (Wildman–Crippen MR) is 53.0 cm³/mol. The lowest BCUT2D eigenvalue weighted by atomic mass is 10.2. The van der Waals surface area contributed by atoms with Gasteiger partial charge in [0.2, 0.25) is 0 Å². The van der Waals surface area contributed by atoms with Crippen molar-refractivity contribution in [2.75, 3.05) is 6.61 Å². The lowest BCUT2D eigenvalue weighted by molar-refractivity contribution is 0.0922. The number of hydrogen-bond acceptors (Lipinski definition) is 3. The molecule has 4 nitrogen and oxygen atoms in total. The third-order valence-corrected chi connectivity index (χ3v) is 1.81. The van der Waals surface area contributed by atoms with Crippen LogP contribution in [0.15, 0.2) is 18.3 Å². The van der Waals surface area contributed by atoms with Crippen LogP contribution in [0.25, 0.3) is 0 Å². The summed E-state index contributed by atoms with van der Waals surface area (Å²) < 4.78 is 0. The Balaban J connectivity index is 2.70. The quantitative estimate of drug-likeness (QED) is 0.736. The molecular weight excluding hydrogens is 180 g/mol. The van der Waals surface area contributed by atoms with Gasteiger partial charge in [-0.25, -0.2) is 0 Å². The Labute approximate surface area is 83.0 Å². The number of hydrogen-bond donors (Lipinski definition) is 2. The van der Waals surface area contributed by atoms with Crippen LogP contribution in [0.3, 0.4) is 0 Å². The molecule has 1 aromatic heterocycles. The number of aliphatic hydroxyl groups excluding tert-OH is 1. The second kappa shape index (κ2) is 4.72. The Morgan fingerprint density at radius 1 is 1.71 bits per heavy atom. The molecule has 0 radical (unpaired) electrons. The van der Waals surface area contributed by atoms with E-state index in [-0.39, 0.29) is 18.6 Å². The van der Waals surface area contributed by atoms with Gasteiger partial charge < -0.3 is 10.4 Å². The monoisotopic (exact) mass is 194 g/mol. The van der Waals surface area contributed by atoms with Crippen LogP contribution in [0.4, 0.5) is 0 Å². The molecule has 76 valence electrons. The summed E-state index contributed by atoms with van der Waals surface area (Å²) in [5.41, 5.74) is 1.37. The van der Waals surface area contributed by atoms with Gasteiger partial charge in [-0.2, -0.15) is 0 Å². The molecular formula is C10H14N2O2. The molecule has 2 N–H and O–H groups in total. The molecule has 0 aliphatic heterocycles. The van der Waals surface area contributed by atoms with Gasteiger partial charge in [0, 0.05) is 23.5 Å². The number of carbonyl (C=O) groups excluding carboxylic acids is 1. The summed E-state index contributed by atoms with van der Waals surface area (Å²) in [7, 11) is 0. The van der Waals surface area contributed by atoms with E-state index in [1.54, 1.807) is 25.3 Å². The van der Waals surface area contributed by atoms with E-state index in [9.17, 15) is 4.79 Å². The van der Waals surface area contributed by atoms with Crippen LogP contribution in [-0.4, -0.2) is 28.6 Å². The molecule has 14 heavy (non-hydrogen) atoms. The maximum atomic E-state index is 11.5. The number of aromatic nitrogens is 1. The molecule has 1 aromatic rings. The van der Waals surface area contributed by atoms with Crippen molar-refractivity contribution in [3.8, 4) is 0 Å². The zero-order valence-electron chi connectivity index (χ0n) is 8.32. The van der Waals surface area contributed by atoms with E-state index in [1.807, 2.05) is 6.92 Å². The minimum atomic E-state index is -0.226. The Morgan fingerprint density at radius 2 is 2.43 bits per heavy atom. The second-order valence-electron chi connectivity index (χ2n) is 3.24. The van der Waals surface area contributed by atoms with Crippen molar-refractivity contribution in [3.63, 3.8) is 0 Å². The number of aliphatic hydroxyl groups is 1. The van der Waals surface area contributed by atoms with Crippen molar-refractivity contribution in [2.45, 2.75) is 19.9 Å². The third-order valence-electron chi connectivity index (χ3n) is 1.81. The highest BCUT2D eigenvalue weighted by Crippen LogP contribution is 2.00. The minimum absolute atomic E-state index is 0.0597. The number of rotatable bonds is 3. The lowest BCUT2D eigenvalue weighted by Gasteiger charge is -2.10. The first kappa shape index (κ1) is 10.7. The zero-order valence-corrected chi connectivity index (χ0v) is 8.32. The Morgan fingerprint density at radius 3 is 3.00 bits per heavy atom. The molecule has 0 aliphatic rings. The van der Waals surface area contributed by atoms with Crippen molar-refractivity contribution in [3.05, 3.63) is 29.6 Å². The van der Waals surface area contributed by atoms with Crippen molar-refractivity contribution in [2.24, 2.45) is 0 Å². The van der Waals surface area contributed by atoms with Gasteiger partial charge in [-0.05, 0) is 26.0 Å². The van der Waals surface area contributed by atoms with Crippen molar-refractivity contribution in [1.29, 1.82) is 0 Å². The van der Waals surface area contributed by atoms with Gasteiger partial charge in [-0.3, -0.25) is 9.78 Å². The SMILES string of the molecule is Cc1cc(C(=O)NC(C)CO)ccn1. The largest absolute Gasteiger partial charge is 0.394 e. The Bertz CT molecular complexity index is 326. The summed E-state index contributed by atoms with van der Waals surface area (Å²) in [6.07, 6.45) is 1.59. The van der Waals surface area contributed by atoms with E-state index in [1.165, 1.54) is 0 Å². The van der Waals surface area contributed by atoms with Crippen molar-refractivity contribution < 1.29 is 9.90 Å². The van der Waals surface area contributed by atoms with Crippen LogP contribution in [-0.2, 0) is 0 Å². The van der Waals surface area contributed by atoms with E-state index in [0.29, 0.717) is 5.56 Å². The van der Waals surface area contributed by atoms with E-state index in [0.717, 1.165) is 5.69 Å². The second-order valence-corrected chi connectivity index (χ2v) is 3.24. The summed E-state index contributed by atoms with van der Waals surface area (Å²) in [5.74, 6) is -0.183. The molecule has 0 bridgehead atoms. The van der Waals surface area contributed by atoms with E-state index < -0.39 is 0 Å². The van der Waals surface area contributed by atoms with Crippen molar-refractivity contribution in [1.82, 2.24) is 10.3 Å². The Kier molecular flexibility index (Phi) is 3.59. The standard InChI is InChI=1S/C10H14N2O2/c1-7-5-9(3-4-11-7)10(14)12-8(2)6-13/h3-5,8,13H,6H2,1-2H3,(H,12,14). The maximum absolute atomic E-state index is 11.5. The minimum Gasteiger partial charge on any atom is -0.394 e. The molecule has 4 heteroatoms. The van der Waals surface area contributed by atoms with Crippen molar-refractivity contribution >= 4 is 5.91 Å². The van der Waals surface area contributed by atoms with E-state index in [4.69, 9.17) is 5.11 Å². The highest BCUT2D eigenvalue weighted by atomic mass is 16.3. The Hall–Kier alpha value is -1.42. The van der Waals surface area contributed by atoms with Gasteiger partial charge in [-0.1, -0.05) is 0 Å². The fourth-order valence-corrected chi connectivity index (χ4v) is 1.04. The highest BCUT2D eigenvalue weighted by molar-refractivity contribution is 5.94. The summed E-state index contributed by atoms with van der Waals surface area (Å²) in [6, 6.07) is 3.13. The average molecular weight is 194 g/mol. The molecule has 1 heterocycles. The summed E-state index contributed by atoms with van der Waals surface area (Å²) in [4.78, 5) is 15.5. The normalized spacial score (nSPS) is 12.2. The molecule has 0 saturated heterocycles. The van der Waals surface area contributed by atoms with Gasteiger partial charge in [0.05, 0.1) is 6.61 Å². The summed E-state index contributed by atoms with van der Waals surface area (Å²) in [6.45, 7) is 3.51. The van der Waals surface area contributed by atoms with Crippen LogP contribution in [0, 0.1) is 6.92 Å². The fourth-order valence-electron chi connectivity index (χ4n) is 1.04. The number of carbonyl (C=O) groups is 1. The molecule has 0 spiro atoms. The molecule has 0 fully saturated rings. The highest BCUT2D eigenvalue weighted by Gasteiger charge is 2.08. The average Bonchev–Trinajstić information content (AvgIpc) is 2.17. The molecule has 1 rings (SSSR count). The third kappa shape index (κ3) is 2.81. The molecule has 0 aromatic carbocycles. The first-order chi connectivity index (χ1) is 6.63. The van der Waals surface area contributed by atoms with Gasteiger partial charge in [0.15, 0.2) is 0 Å². The molecule has 0 aliphatic carbocycles. The van der Waals surface area contributed by atoms with Crippen LogP contribution >= 0.6 is 0 Å². The number of aryl methyl sites for hydroxylation is 1. The van der Waals surface area contributed by atoms with Crippen LogP contribution in [0.5, 0.6) is 0 Å². The first-order valence-electron chi connectivity index (χ1n) is 4.48.